The molecule has 3 N–H and O–H groups in total. The summed E-state index contributed by atoms with van der Waals surface area (Å²) in [4.78, 5) is 21.8. The number of nitrogens with one attached hydrogen (secondary N) is 2. The number of thiazole rings is 1. The average Bonchev–Trinajstić information content (AvgIpc) is 3.41. The lowest BCUT2D eigenvalue weighted by Gasteiger charge is -2.27. The van der Waals surface area contributed by atoms with Crippen molar-refractivity contribution < 1.29 is 27.8 Å². The Labute approximate surface area is 214 Å². The van der Waals surface area contributed by atoms with E-state index in [1.54, 1.807) is 12.1 Å². The van der Waals surface area contributed by atoms with Crippen LogP contribution in [0.5, 0.6) is 5.75 Å². The molecule has 0 bridgehead atoms. The number of hydrogen-bond acceptors (Lipinski definition) is 7. The molecule has 4 aromatic rings. The Balaban J connectivity index is 1.27. The second-order valence-electron chi connectivity index (χ2n) is 9.30. The van der Waals surface area contributed by atoms with E-state index in [0.29, 0.717) is 50.8 Å². The number of fused-ring (bicyclic) bond motifs is 2. The number of benzene rings is 2. The molecule has 1 aliphatic rings. The molecule has 8 nitrogen and oxygen atoms in total. The van der Waals surface area contributed by atoms with Crippen molar-refractivity contribution in [2.45, 2.75) is 32.0 Å². The summed E-state index contributed by atoms with van der Waals surface area (Å²) in [5.74, 6) is 0.825. The first-order valence-electron chi connectivity index (χ1n) is 12.0. The summed E-state index contributed by atoms with van der Waals surface area (Å²) in [7, 11) is 1.82. The van der Waals surface area contributed by atoms with Gasteiger partial charge in [-0.05, 0) is 67.9 Å². The normalized spacial score (nSPS) is 18.3. The van der Waals surface area contributed by atoms with Crippen LogP contribution in [0.25, 0.3) is 21.3 Å². The molecule has 196 valence electrons. The number of halogens is 3. The molecule has 0 unspecified atom stereocenters. The first kappa shape index (κ1) is 25.3. The molecule has 5 rings (SSSR count). The largest absolute Gasteiger partial charge is 0.573 e. The van der Waals surface area contributed by atoms with E-state index >= 15 is 0 Å². The van der Waals surface area contributed by atoms with Crippen molar-refractivity contribution in [1.29, 1.82) is 0 Å². The number of ether oxygens (including phenoxy) is 1. The van der Waals surface area contributed by atoms with E-state index in [1.165, 1.54) is 29.5 Å². The summed E-state index contributed by atoms with van der Waals surface area (Å²) in [5, 5.41) is 15.9. The number of aryl methyl sites for hydroxylation is 1. The Hall–Kier alpha value is -3.38. The molecule has 1 amide bonds. The number of anilines is 2. The molecule has 0 aliphatic heterocycles. The van der Waals surface area contributed by atoms with Crippen LogP contribution in [0.15, 0.2) is 36.4 Å². The lowest BCUT2D eigenvalue weighted by molar-refractivity contribution is -0.274. The summed E-state index contributed by atoms with van der Waals surface area (Å²) in [6, 6.07) is 9.30. The third kappa shape index (κ3) is 5.80. The van der Waals surface area contributed by atoms with Crippen LogP contribution < -0.4 is 15.4 Å². The zero-order chi connectivity index (χ0) is 26.2. The topological polar surface area (TPSA) is 101 Å². The van der Waals surface area contributed by atoms with Gasteiger partial charge in [0.1, 0.15) is 5.75 Å². The number of imidazole rings is 1. The molecule has 1 aliphatic carbocycles. The number of aromatic nitrogens is 3. The maximum atomic E-state index is 12.8. The summed E-state index contributed by atoms with van der Waals surface area (Å²) < 4.78 is 43.9. The molecule has 0 atom stereocenters. The minimum Gasteiger partial charge on any atom is -0.406 e. The highest BCUT2D eigenvalue weighted by atomic mass is 32.1. The number of aliphatic hydroxyl groups is 1. The third-order valence-corrected chi connectivity index (χ3v) is 7.66. The Morgan fingerprint density at radius 1 is 1.11 bits per heavy atom. The molecular weight excluding hydrogens is 507 g/mol. The minimum absolute atomic E-state index is 0.158. The van der Waals surface area contributed by atoms with E-state index in [0.717, 1.165) is 31.2 Å². The van der Waals surface area contributed by atoms with Crippen LogP contribution in [0, 0.1) is 11.8 Å². The Morgan fingerprint density at radius 3 is 2.59 bits per heavy atom. The van der Waals surface area contributed by atoms with Crippen LogP contribution in [0.3, 0.4) is 0 Å². The van der Waals surface area contributed by atoms with Gasteiger partial charge in [-0.25, -0.2) is 9.97 Å². The molecule has 12 heteroatoms. The second kappa shape index (κ2) is 10.2. The van der Waals surface area contributed by atoms with E-state index in [2.05, 4.69) is 25.3 Å². The summed E-state index contributed by atoms with van der Waals surface area (Å²) >= 11 is 1.18. The number of rotatable bonds is 7. The van der Waals surface area contributed by atoms with E-state index in [4.69, 9.17) is 0 Å². The van der Waals surface area contributed by atoms with Gasteiger partial charge in [0.2, 0.25) is 5.95 Å². The average molecular weight is 534 g/mol. The number of aliphatic hydroxyl groups excluding tert-OH is 1. The van der Waals surface area contributed by atoms with Crippen molar-refractivity contribution in [3.05, 3.63) is 42.0 Å². The van der Waals surface area contributed by atoms with Crippen molar-refractivity contribution in [3.63, 3.8) is 0 Å². The maximum Gasteiger partial charge on any atom is 0.573 e. The predicted molar refractivity (Wildman–Crippen MR) is 135 cm³/mol. The highest BCUT2D eigenvalue weighted by molar-refractivity contribution is 7.22. The van der Waals surface area contributed by atoms with Crippen molar-refractivity contribution in [2.75, 3.05) is 18.5 Å². The van der Waals surface area contributed by atoms with Gasteiger partial charge >= 0.3 is 6.36 Å². The molecule has 2 aromatic heterocycles. The highest BCUT2D eigenvalue weighted by Gasteiger charge is 2.31. The van der Waals surface area contributed by atoms with Crippen LogP contribution in [-0.4, -0.2) is 45.1 Å². The van der Waals surface area contributed by atoms with Gasteiger partial charge in [-0.1, -0.05) is 11.3 Å². The van der Waals surface area contributed by atoms with Crippen LogP contribution in [0.1, 0.15) is 36.0 Å². The summed E-state index contributed by atoms with van der Waals surface area (Å²) in [5.41, 5.74) is 2.48. The summed E-state index contributed by atoms with van der Waals surface area (Å²) in [6.07, 6.45) is -0.777. The van der Waals surface area contributed by atoms with Gasteiger partial charge in [0.15, 0.2) is 5.13 Å². The molecule has 2 aromatic carbocycles. The smallest absolute Gasteiger partial charge is 0.406 e. The van der Waals surface area contributed by atoms with Gasteiger partial charge in [0.05, 0.1) is 21.3 Å². The molecule has 2 heterocycles. The minimum atomic E-state index is -4.76. The van der Waals surface area contributed by atoms with Crippen molar-refractivity contribution in [3.8, 4) is 5.75 Å². The van der Waals surface area contributed by atoms with E-state index in [9.17, 15) is 23.1 Å². The zero-order valence-corrected chi connectivity index (χ0v) is 20.8. The molecule has 1 fully saturated rings. The van der Waals surface area contributed by atoms with E-state index in [1.807, 2.05) is 17.7 Å². The first-order valence-corrected chi connectivity index (χ1v) is 12.8. The first-order chi connectivity index (χ1) is 17.7. The SMILES string of the molecule is Cn1c(Nc2nc3ccc(OC(F)(F)F)cc3s2)nc2cc(C(=O)NCC3CCC(CO)CC3)ccc21. The zero-order valence-electron chi connectivity index (χ0n) is 20.0. The Kier molecular flexibility index (Phi) is 6.95. The number of carbonyl (C=O) groups excluding carboxylic acids is 1. The summed E-state index contributed by atoms with van der Waals surface area (Å²) in [6.45, 7) is 0.841. The van der Waals surface area contributed by atoms with Gasteiger partial charge in [0, 0.05) is 31.8 Å². The quantitative estimate of drug-likeness (QED) is 0.296. The van der Waals surface area contributed by atoms with E-state index < -0.39 is 6.36 Å². The fraction of sp³-hybridized carbons (Fsp3) is 0.400. The number of nitrogens with zero attached hydrogens (tertiary/aromatic N) is 3. The number of amides is 1. The number of carbonyl (C=O) groups is 1. The van der Waals surface area contributed by atoms with Crippen molar-refractivity contribution in [2.24, 2.45) is 18.9 Å². The van der Waals surface area contributed by atoms with Crippen LogP contribution >= 0.6 is 11.3 Å². The fourth-order valence-corrected chi connectivity index (χ4v) is 5.55. The van der Waals surface area contributed by atoms with Gasteiger partial charge in [-0.2, -0.15) is 0 Å². The van der Waals surface area contributed by atoms with E-state index in [-0.39, 0.29) is 18.3 Å². The van der Waals surface area contributed by atoms with Crippen LogP contribution in [0.4, 0.5) is 24.3 Å². The standard InChI is InChI=1S/C25H26F3N5O3S/c1-33-20-9-6-16(22(35)29-12-14-2-4-15(13-34)5-3-14)10-19(20)30-23(33)32-24-31-18-8-7-17(11-21(18)37-24)36-25(26,27)28/h6-11,14-15,34H,2-5,12-13H2,1H3,(H,29,35)(H,30,31,32). The lowest BCUT2D eigenvalue weighted by atomic mass is 9.82. The molecule has 0 radical (unpaired) electrons. The van der Waals surface area contributed by atoms with Gasteiger partial charge in [-0.15, -0.1) is 13.2 Å². The molecule has 37 heavy (non-hydrogen) atoms. The van der Waals surface area contributed by atoms with Gasteiger partial charge < -0.3 is 25.0 Å². The van der Waals surface area contributed by atoms with Gasteiger partial charge in [-0.3, -0.25) is 4.79 Å². The van der Waals surface area contributed by atoms with Crippen LogP contribution in [0.2, 0.25) is 0 Å². The molecule has 1 saturated carbocycles. The van der Waals surface area contributed by atoms with Crippen molar-refractivity contribution in [1.82, 2.24) is 19.9 Å². The number of hydrogen-bond donors (Lipinski definition) is 3. The fourth-order valence-electron chi connectivity index (χ4n) is 4.66. The Bertz CT molecular complexity index is 1430. The van der Waals surface area contributed by atoms with Crippen molar-refractivity contribution >= 4 is 49.6 Å². The molecule has 0 saturated heterocycles. The van der Waals surface area contributed by atoms with Gasteiger partial charge in [0.25, 0.3) is 5.91 Å². The number of alkyl halides is 3. The predicted octanol–water partition coefficient (Wildman–Crippen LogP) is 5.35. The monoisotopic (exact) mass is 533 g/mol. The Morgan fingerprint density at radius 2 is 1.86 bits per heavy atom. The maximum absolute atomic E-state index is 12.8. The molecule has 0 spiro atoms. The molecular formula is C25H26F3N5O3S. The van der Waals surface area contributed by atoms with Crippen LogP contribution in [-0.2, 0) is 7.05 Å². The lowest BCUT2D eigenvalue weighted by Crippen LogP contribution is -2.31. The third-order valence-electron chi connectivity index (χ3n) is 6.73. The highest BCUT2D eigenvalue weighted by Crippen LogP contribution is 2.33. The second-order valence-corrected chi connectivity index (χ2v) is 10.3.